The van der Waals surface area contributed by atoms with Crippen LogP contribution in [0.3, 0.4) is 0 Å². The number of nitrogens with two attached hydrogens (primary N) is 1. The highest BCUT2D eigenvalue weighted by atomic mass is 35.5. The zero-order chi connectivity index (χ0) is 16.5. The molecule has 2 rings (SSSR count). The molecule has 0 radical (unpaired) electrons. The van der Waals surface area contributed by atoms with Crippen LogP contribution in [0.5, 0.6) is 0 Å². The molecule has 22 heavy (non-hydrogen) atoms. The molecule has 0 spiro atoms. The van der Waals surface area contributed by atoms with Crippen LogP contribution < -0.4 is 5.73 Å². The summed E-state index contributed by atoms with van der Waals surface area (Å²) in [5.74, 6) is 0.0567. The largest absolute Gasteiger partial charge is 0.384 e. The number of benzene rings is 1. The molecular formula is C17H25ClN2O2. The molecule has 1 aromatic carbocycles. The number of nitrogens with zero attached hydrogens (tertiary/aromatic N) is 1. The Morgan fingerprint density at radius 1 is 1.41 bits per heavy atom. The van der Waals surface area contributed by atoms with E-state index in [1.54, 1.807) is 12.1 Å². The van der Waals surface area contributed by atoms with Gasteiger partial charge in [-0.15, -0.1) is 0 Å². The predicted molar refractivity (Wildman–Crippen MR) is 88.6 cm³/mol. The van der Waals surface area contributed by atoms with E-state index in [0.29, 0.717) is 31.0 Å². The average Bonchev–Trinajstić information content (AvgIpc) is 2.41. The lowest BCUT2D eigenvalue weighted by molar-refractivity contribution is -0.153. The summed E-state index contributed by atoms with van der Waals surface area (Å²) in [7, 11) is 0. The lowest BCUT2D eigenvalue weighted by Crippen LogP contribution is -2.57. The van der Waals surface area contributed by atoms with Crippen molar-refractivity contribution in [3.63, 3.8) is 0 Å². The summed E-state index contributed by atoms with van der Waals surface area (Å²) in [6, 6.07) is 7.16. The molecule has 1 fully saturated rings. The maximum atomic E-state index is 12.2. The SMILES string of the molecule is CC(N)CC(=O)N1CCC(O)(c2ccc(Cl)cc2)C(C)(C)C1. The minimum absolute atomic E-state index is 0.0567. The fourth-order valence-electron chi connectivity index (χ4n) is 3.20. The van der Waals surface area contributed by atoms with Crippen LogP contribution in [0.2, 0.25) is 5.02 Å². The van der Waals surface area contributed by atoms with E-state index in [1.807, 2.05) is 37.8 Å². The van der Waals surface area contributed by atoms with Gasteiger partial charge < -0.3 is 15.7 Å². The van der Waals surface area contributed by atoms with Crippen LogP contribution in [0.1, 0.15) is 39.2 Å². The maximum Gasteiger partial charge on any atom is 0.224 e. The molecule has 2 atom stereocenters. The molecule has 0 aliphatic carbocycles. The summed E-state index contributed by atoms with van der Waals surface area (Å²) >= 11 is 5.93. The number of likely N-dealkylation sites (tertiary alicyclic amines) is 1. The first-order valence-electron chi connectivity index (χ1n) is 7.67. The van der Waals surface area contributed by atoms with Crippen LogP contribution in [0.15, 0.2) is 24.3 Å². The zero-order valence-electron chi connectivity index (χ0n) is 13.5. The van der Waals surface area contributed by atoms with Crippen molar-refractivity contribution in [2.45, 2.75) is 45.3 Å². The number of carbonyl (C=O) groups excluding carboxylic acids is 1. The van der Waals surface area contributed by atoms with Crippen LogP contribution in [0, 0.1) is 5.41 Å². The third-order valence-electron chi connectivity index (χ3n) is 4.62. The van der Waals surface area contributed by atoms with Gasteiger partial charge in [0.15, 0.2) is 0 Å². The lowest BCUT2D eigenvalue weighted by Gasteiger charge is -2.50. The topological polar surface area (TPSA) is 66.6 Å². The summed E-state index contributed by atoms with van der Waals surface area (Å²) in [5.41, 5.74) is 5.14. The van der Waals surface area contributed by atoms with Crippen LogP contribution in [0.4, 0.5) is 0 Å². The number of aliphatic hydroxyl groups is 1. The van der Waals surface area contributed by atoms with E-state index in [-0.39, 0.29) is 11.9 Å². The van der Waals surface area contributed by atoms with Crippen molar-refractivity contribution in [3.8, 4) is 0 Å². The van der Waals surface area contributed by atoms with Crippen LogP contribution >= 0.6 is 11.6 Å². The molecule has 1 saturated heterocycles. The molecular weight excluding hydrogens is 300 g/mol. The lowest BCUT2D eigenvalue weighted by atomic mass is 9.66. The maximum absolute atomic E-state index is 12.2. The second-order valence-electron chi connectivity index (χ2n) is 7.00. The van der Waals surface area contributed by atoms with E-state index in [1.165, 1.54) is 0 Å². The van der Waals surface area contributed by atoms with Gasteiger partial charge in [-0.25, -0.2) is 0 Å². The monoisotopic (exact) mass is 324 g/mol. The molecule has 0 bridgehead atoms. The predicted octanol–water partition coefficient (Wildman–Crippen LogP) is 2.52. The summed E-state index contributed by atoms with van der Waals surface area (Å²) in [4.78, 5) is 14.0. The molecule has 1 aliphatic heterocycles. The Labute approximate surface area is 137 Å². The highest BCUT2D eigenvalue weighted by molar-refractivity contribution is 6.30. The van der Waals surface area contributed by atoms with Crippen molar-refractivity contribution >= 4 is 17.5 Å². The number of amides is 1. The van der Waals surface area contributed by atoms with Crippen LogP contribution in [-0.4, -0.2) is 35.0 Å². The van der Waals surface area contributed by atoms with Gasteiger partial charge in [0.05, 0.1) is 5.60 Å². The summed E-state index contributed by atoms with van der Waals surface area (Å²) in [6.45, 7) is 6.86. The summed E-state index contributed by atoms with van der Waals surface area (Å²) < 4.78 is 0. The summed E-state index contributed by atoms with van der Waals surface area (Å²) in [6.07, 6.45) is 0.849. The Hall–Kier alpha value is -1.10. The molecule has 2 unspecified atom stereocenters. The minimum Gasteiger partial charge on any atom is -0.384 e. The first kappa shape index (κ1) is 17.3. The Morgan fingerprint density at radius 3 is 2.50 bits per heavy atom. The molecule has 0 aromatic heterocycles. The molecule has 1 aromatic rings. The summed E-state index contributed by atoms with van der Waals surface area (Å²) in [5, 5.41) is 11.9. The van der Waals surface area contributed by atoms with Crippen LogP contribution in [0.25, 0.3) is 0 Å². The fourth-order valence-corrected chi connectivity index (χ4v) is 3.33. The van der Waals surface area contributed by atoms with Gasteiger partial charge in [-0.3, -0.25) is 4.79 Å². The third kappa shape index (κ3) is 3.29. The van der Waals surface area contributed by atoms with Gasteiger partial charge in [0, 0.05) is 36.0 Å². The standard InChI is InChI=1S/C17H25ClN2O2/c1-12(19)10-15(21)20-9-8-17(22,16(2,3)11-20)13-4-6-14(18)7-5-13/h4-7,12,22H,8-11,19H2,1-3H3. The Morgan fingerprint density at radius 2 is 2.00 bits per heavy atom. The van der Waals surface area contributed by atoms with Gasteiger partial charge in [0.2, 0.25) is 5.91 Å². The Bertz CT molecular complexity index is 542. The number of piperidine rings is 1. The zero-order valence-corrected chi connectivity index (χ0v) is 14.2. The van der Waals surface area contributed by atoms with Gasteiger partial charge >= 0.3 is 0 Å². The van der Waals surface area contributed by atoms with E-state index in [4.69, 9.17) is 17.3 Å². The number of halogens is 1. The number of carbonyl (C=O) groups is 1. The van der Waals surface area contributed by atoms with Crippen molar-refractivity contribution < 1.29 is 9.90 Å². The molecule has 1 amide bonds. The molecule has 1 aliphatic rings. The van der Waals surface area contributed by atoms with E-state index in [9.17, 15) is 9.90 Å². The van der Waals surface area contributed by atoms with Crippen molar-refractivity contribution in [1.82, 2.24) is 4.90 Å². The quantitative estimate of drug-likeness (QED) is 0.897. The van der Waals surface area contributed by atoms with Crippen molar-refractivity contribution in [2.24, 2.45) is 11.1 Å². The second kappa shape index (κ2) is 6.19. The highest BCUT2D eigenvalue weighted by Crippen LogP contribution is 2.46. The number of hydrogen-bond acceptors (Lipinski definition) is 3. The molecule has 0 saturated carbocycles. The third-order valence-corrected chi connectivity index (χ3v) is 4.87. The van der Waals surface area contributed by atoms with Crippen molar-refractivity contribution in [2.75, 3.05) is 13.1 Å². The highest BCUT2D eigenvalue weighted by Gasteiger charge is 2.49. The molecule has 4 nitrogen and oxygen atoms in total. The first-order chi connectivity index (χ1) is 10.2. The van der Waals surface area contributed by atoms with Crippen molar-refractivity contribution in [3.05, 3.63) is 34.9 Å². The minimum atomic E-state index is -0.970. The second-order valence-corrected chi connectivity index (χ2v) is 7.43. The molecule has 1 heterocycles. The number of hydrogen-bond donors (Lipinski definition) is 2. The van der Waals surface area contributed by atoms with E-state index in [0.717, 1.165) is 5.56 Å². The average molecular weight is 325 g/mol. The van der Waals surface area contributed by atoms with Gasteiger partial charge in [0.25, 0.3) is 0 Å². The van der Waals surface area contributed by atoms with E-state index in [2.05, 4.69) is 0 Å². The fraction of sp³-hybridized carbons (Fsp3) is 0.588. The normalized spacial score (nSPS) is 25.8. The van der Waals surface area contributed by atoms with E-state index >= 15 is 0 Å². The van der Waals surface area contributed by atoms with E-state index < -0.39 is 11.0 Å². The molecule has 122 valence electrons. The van der Waals surface area contributed by atoms with Gasteiger partial charge in [-0.05, 0) is 31.0 Å². The van der Waals surface area contributed by atoms with Gasteiger partial charge in [-0.2, -0.15) is 0 Å². The van der Waals surface area contributed by atoms with Crippen molar-refractivity contribution in [1.29, 1.82) is 0 Å². The smallest absolute Gasteiger partial charge is 0.224 e. The Kier molecular flexibility index (Phi) is 4.85. The van der Waals surface area contributed by atoms with Crippen LogP contribution in [-0.2, 0) is 10.4 Å². The number of rotatable bonds is 3. The first-order valence-corrected chi connectivity index (χ1v) is 8.05. The molecule has 5 heteroatoms. The molecule has 3 N–H and O–H groups in total. The van der Waals surface area contributed by atoms with Gasteiger partial charge in [0.1, 0.15) is 0 Å². The van der Waals surface area contributed by atoms with Gasteiger partial charge in [-0.1, -0.05) is 37.6 Å². The Balaban J connectivity index is 2.20.